The molecular weight excluding hydrogens is 310 g/mol. The first-order valence-corrected chi connectivity index (χ1v) is 8.51. The molecule has 1 saturated heterocycles. The highest BCUT2D eigenvalue weighted by Gasteiger charge is 2.29. The number of hydrogen-bond donors (Lipinski definition) is 1. The van der Waals surface area contributed by atoms with E-state index < -0.39 is 5.60 Å². The van der Waals surface area contributed by atoms with Crippen LogP contribution in [0.1, 0.15) is 56.6 Å². The van der Waals surface area contributed by atoms with Crippen LogP contribution < -0.4 is 5.56 Å². The number of hydrogen-bond acceptors (Lipinski definition) is 5. The summed E-state index contributed by atoms with van der Waals surface area (Å²) in [7, 11) is 0. The maximum atomic E-state index is 12.5. The van der Waals surface area contributed by atoms with Crippen molar-refractivity contribution in [2.45, 2.75) is 58.1 Å². The topological polar surface area (TPSA) is 84.5 Å². The van der Waals surface area contributed by atoms with E-state index in [2.05, 4.69) is 9.97 Å². The lowest BCUT2D eigenvalue weighted by Gasteiger charge is -2.31. The van der Waals surface area contributed by atoms with E-state index >= 15 is 0 Å². The Kier molecular flexibility index (Phi) is 4.62. The summed E-state index contributed by atoms with van der Waals surface area (Å²) in [5.74, 6) is 1.01. The van der Waals surface area contributed by atoms with Crippen LogP contribution in [-0.4, -0.2) is 46.3 Å². The molecule has 132 valence electrons. The molecule has 3 rings (SSSR count). The first-order chi connectivity index (χ1) is 11.3. The molecule has 0 radical (unpaired) electrons. The Morgan fingerprint density at radius 1 is 1.33 bits per heavy atom. The highest BCUT2D eigenvalue weighted by atomic mass is 16.6. The first kappa shape index (κ1) is 17.0. The van der Waals surface area contributed by atoms with Gasteiger partial charge < -0.3 is 19.4 Å². The summed E-state index contributed by atoms with van der Waals surface area (Å²) in [6.45, 7) is 7.67. The minimum atomic E-state index is -0.547. The number of carbonyl (C=O) groups excluding carboxylic acids is 1. The van der Waals surface area contributed by atoms with Gasteiger partial charge in [0.1, 0.15) is 11.4 Å². The normalized spacial score (nSPS) is 19.0. The van der Waals surface area contributed by atoms with E-state index in [1.165, 1.54) is 0 Å². The molecule has 1 fully saturated rings. The molecule has 2 aliphatic rings. The Labute approximate surface area is 141 Å². The molecule has 3 heterocycles. The van der Waals surface area contributed by atoms with Crippen LogP contribution in [0.25, 0.3) is 0 Å². The van der Waals surface area contributed by atoms with E-state index in [9.17, 15) is 9.59 Å². The molecule has 0 bridgehead atoms. The van der Waals surface area contributed by atoms with Crippen LogP contribution in [-0.2, 0) is 22.4 Å². The van der Waals surface area contributed by atoms with E-state index in [0.717, 1.165) is 24.4 Å². The van der Waals surface area contributed by atoms with Crippen LogP contribution in [0.3, 0.4) is 0 Å². The lowest BCUT2D eigenvalue weighted by atomic mass is 9.98. The molecule has 7 nitrogen and oxygen atoms in total. The summed E-state index contributed by atoms with van der Waals surface area (Å²) in [5.41, 5.74) is 0.687. The Morgan fingerprint density at radius 3 is 2.71 bits per heavy atom. The molecule has 0 saturated carbocycles. The zero-order chi connectivity index (χ0) is 17.3. The van der Waals surface area contributed by atoms with Gasteiger partial charge in [0.25, 0.3) is 5.56 Å². The second kappa shape index (κ2) is 6.55. The van der Waals surface area contributed by atoms with E-state index in [-0.39, 0.29) is 24.1 Å². The minimum Gasteiger partial charge on any atom is -0.444 e. The lowest BCUT2D eigenvalue weighted by molar-refractivity contribution is 0.0221. The Hall–Kier alpha value is -1.89. The summed E-state index contributed by atoms with van der Waals surface area (Å²) in [6.07, 6.45) is 1.95. The monoisotopic (exact) mass is 335 g/mol. The molecule has 0 aliphatic carbocycles. The Morgan fingerprint density at radius 2 is 2.04 bits per heavy atom. The van der Waals surface area contributed by atoms with Gasteiger partial charge in [-0.25, -0.2) is 9.78 Å². The van der Waals surface area contributed by atoms with Gasteiger partial charge in [-0.1, -0.05) is 0 Å². The molecular formula is C17H25N3O4. The van der Waals surface area contributed by atoms with E-state index in [1.807, 2.05) is 20.8 Å². The molecule has 0 spiro atoms. The second-order valence-corrected chi connectivity index (χ2v) is 7.41. The number of aromatic amines is 1. The Balaban J connectivity index is 1.77. The number of aromatic nitrogens is 2. The number of carbonyl (C=O) groups is 1. The number of amides is 1. The predicted octanol–water partition coefficient (Wildman–Crippen LogP) is 1.96. The number of rotatable bonds is 1. The van der Waals surface area contributed by atoms with Crippen LogP contribution in [0.15, 0.2) is 4.79 Å². The summed E-state index contributed by atoms with van der Waals surface area (Å²) in [5, 5.41) is 0. The summed E-state index contributed by atoms with van der Waals surface area (Å²) in [4.78, 5) is 33.8. The van der Waals surface area contributed by atoms with E-state index in [4.69, 9.17) is 9.47 Å². The van der Waals surface area contributed by atoms with Crippen LogP contribution in [0, 0.1) is 0 Å². The third kappa shape index (κ3) is 3.77. The van der Waals surface area contributed by atoms with Crippen molar-refractivity contribution in [1.29, 1.82) is 0 Å². The van der Waals surface area contributed by atoms with Crippen molar-refractivity contribution in [3.63, 3.8) is 0 Å². The van der Waals surface area contributed by atoms with Gasteiger partial charge in [0.15, 0.2) is 0 Å². The Bertz CT molecular complexity index is 671. The van der Waals surface area contributed by atoms with Crippen molar-refractivity contribution in [2.24, 2.45) is 0 Å². The fourth-order valence-corrected chi connectivity index (χ4v) is 3.09. The maximum absolute atomic E-state index is 12.5. The summed E-state index contributed by atoms with van der Waals surface area (Å²) in [6, 6.07) is 0. The SMILES string of the molecule is CC(C)(C)OC(=O)N1CCc2nc(C3CCOCC3)[nH]c(=O)c2C1. The summed E-state index contributed by atoms with van der Waals surface area (Å²) < 4.78 is 10.8. The molecule has 1 amide bonds. The third-order valence-electron chi connectivity index (χ3n) is 4.35. The largest absolute Gasteiger partial charge is 0.444 e. The molecule has 1 N–H and O–H groups in total. The van der Waals surface area contributed by atoms with Gasteiger partial charge in [0, 0.05) is 32.1 Å². The smallest absolute Gasteiger partial charge is 0.410 e. The minimum absolute atomic E-state index is 0.144. The average Bonchev–Trinajstić information content (AvgIpc) is 2.53. The number of H-pyrrole nitrogens is 1. The highest BCUT2D eigenvalue weighted by Crippen LogP contribution is 2.25. The number of nitrogens with zero attached hydrogens (tertiary/aromatic N) is 2. The van der Waals surface area contributed by atoms with Crippen LogP contribution in [0.2, 0.25) is 0 Å². The fraction of sp³-hybridized carbons (Fsp3) is 0.706. The van der Waals surface area contributed by atoms with Gasteiger partial charge in [-0.15, -0.1) is 0 Å². The molecule has 1 aromatic heterocycles. The predicted molar refractivity (Wildman–Crippen MR) is 88.0 cm³/mol. The molecule has 7 heteroatoms. The van der Waals surface area contributed by atoms with Gasteiger partial charge in [-0.2, -0.15) is 0 Å². The quantitative estimate of drug-likeness (QED) is 0.848. The van der Waals surface area contributed by atoms with Crippen LogP contribution in [0.4, 0.5) is 4.79 Å². The molecule has 0 aromatic carbocycles. The average molecular weight is 335 g/mol. The maximum Gasteiger partial charge on any atom is 0.410 e. The van der Waals surface area contributed by atoms with Crippen molar-refractivity contribution in [2.75, 3.05) is 19.8 Å². The van der Waals surface area contributed by atoms with Crippen LogP contribution >= 0.6 is 0 Å². The van der Waals surface area contributed by atoms with Gasteiger partial charge in [0.05, 0.1) is 17.8 Å². The van der Waals surface area contributed by atoms with Crippen molar-refractivity contribution in [3.05, 3.63) is 27.4 Å². The van der Waals surface area contributed by atoms with Crippen LogP contribution in [0.5, 0.6) is 0 Å². The zero-order valence-corrected chi connectivity index (χ0v) is 14.6. The summed E-state index contributed by atoms with van der Waals surface area (Å²) >= 11 is 0. The van der Waals surface area contributed by atoms with Crippen molar-refractivity contribution in [3.8, 4) is 0 Å². The third-order valence-corrected chi connectivity index (χ3v) is 4.35. The van der Waals surface area contributed by atoms with Gasteiger partial charge >= 0.3 is 6.09 Å². The molecule has 0 unspecified atom stereocenters. The number of fused-ring (bicyclic) bond motifs is 1. The lowest BCUT2D eigenvalue weighted by Crippen LogP contribution is -2.42. The molecule has 24 heavy (non-hydrogen) atoms. The zero-order valence-electron chi connectivity index (χ0n) is 14.6. The first-order valence-electron chi connectivity index (χ1n) is 8.51. The number of ether oxygens (including phenoxy) is 2. The van der Waals surface area contributed by atoms with Gasteiger partial charge in [0.2, 0.25) is 0 Å². The fourth-order valence-electron chi connectivity index (χ4n) is 3.09. The van der Waals surface area contributed by atoms with E-state index in [0.29, 0.717) is 31.7 Å². The molecule has 1 aromatic rings. The van der Waals surface area contributed by atoms with Gasteiger partial charge in [-0.3, -0.25) is 4.79 Å². The van der Waals surface area contributed by atoms with Gasteiger partial charge in [-0.05, 0) is 33.6 Å². The molecule has 2 aliphatic heterocycles. The number of nitrogens with one attached hydrogen (secondary N) is 1. The second-order valence-electron chi connectivity index (χ2n) is 7.41. The van der Waals surface area contributed by atoms with Crippen molar-refractivity contribution in [1.82, 2.24) is 14.9 Å². The molecule has 0 atom stereocenters. The van der Waals surface area contributed by atoms with Crippen molar-refractivity contribution < 1.29 is 14.3 Å². The standard InChI is InChI=1S/C17H25N3O4/c1-17(2,3)24-16(22)20-7-4-13-12(10-20)15(21)19-14(18-13)11-5-8-23-9-6-11/h11H,4-10H2,1-3H3,(H,18,19,21). The van der Waals surface area contributed by atoms with E-state index in [1.54, 1.807) is 4.90 Å². The highest BCUT2D eigenvalue weighted by molar-refractivity contribution is 5.68. The van der Waals surface area contributed by atoms with Crippen molar-refractivity contribution >= 4 is 6.09 Å².